The number of nitrogens with one attached hydrogen (secondary N) is 2. The van der Waals surface area contributed by atoms with Crippen molar-refractivity contribution in [1.29, 1.82) is 0 Å². The van der Waals surface area contributed by atoms with Gasteiger partial charge in [0.25, 0.3) is 0 Å². The molecule has 2 aromatic rings. The Bertz CT molecular complexity index is 541. The number of hydrogen-bond acceptors (Lipinski definition) is 7. The van der Waals surface area contributed by atoms with Gasteiger partial charge in [0.1, 0.15) is 5.76 Å². The number of furan rings is 1. The van der Waals surface area contributed by atoms with Crippen LogP contribution in [0.15, 0.2) is 27.2 Å². The molecule has 2 N–H and O–H groups in total. The molecule has 0 fully saturated rings. The molecule has 20 heavy (non-hydrogen) atoms. The third-order valence-corrected chi connectivity index (χ3v) is 4.46. The van der Waals surface area contributed by atoms with E-state index in [-0.39, 0.29) is 11.2 Å². The summed E-state index contributed by atoms with van der Waals surface area (Å²) in [4.78, 5) is 11.6. The van der Waals surface area contributed by atoms with Gasteiger partial charge in [0, 0.05) is 6.54 Å². The Labute approximate surface area is 125 Å². The number of carbonyl (C=O) groups is 1. The van der Waals surface area contributed by atoms with Crippen LogP contribution < -0.4 is 10.6 Å². The van der Waals surface area contributed by atoms with Gasteiger partial charge in [-0.3, -0.25) is 4.79 Å². The average Bonchev–Trinajstić information content (AvgIpc) is 3.07. The predicted octanol–water partition coefficient (Wildman–Crippen LogP) is 2.36. The van der Waals surface area contributed by atoms with E-state index in [4.69, 9.17) is 4.42 Å². The molecule has 0 saturated carbocycles. The Morgan fingerprint density at radius 2 is 2.40 bits per heavy atom. The van der Waals surface area contributed by atoms with Crippen molar-refractivity contribution in [1.82, 2.24) is 15.5 Å². The fourth-order valence-corrected chi connectivity index (χ4v) is 3.34. The molecule has 0 aliphatic carbocycles. The summed E-state index contributed by atoms with van der Waals surface area (Å²) >= 11 is 2.83. The van der Waals surface area contributed by atoms with Crippen LogP contribution in [0.4, 0.5) is 5.13 Å². The van der Waals surface area contributed by atoms with Crippen LogP contribution in [0, 0.1) is 0 Å². The Morgan fingerprint density at radius 3 is 3.10 bits per heavy atom. The SMILES string of the molecule is CCNC(=O)[C@@H](C)Sc1nnc(NCc2ccco2)s1. The van der Waals surface area contributed by atoms with E-state index in [0.29, 0.717) is 18.2 Å². The second-order valence-electron chi connectivity index (χ2n) is 3.96. The standard InChI is InChI=1S/C12H16N4O2S2/c1-3-13-10(17)8(2)19-12-16-15-11(20-12)14-7-9-5-4-6-18-9/h4-6,8H,3,7H2,1-2H3,(H,13,17)(H,14,15)/t8-/m1/s1. The summed E-state index contributed by atoms with van der Waals surface area (Å²) in [5, 5.41) is 14.5. The molecule has 2 heterocycles. The minimum absolute atomic E-state index is 0.0118. The first kappa shape index (κ1) is 14.9. The summed E-state index contributed by atoms with van der Waals surface area (Å²) in [6.45, 7) is 4.96. The van der Waals surface area contributed by atoms with Gasteiger partial charge in [-0.15, -0.1) is 10.2 Å². The molecule has 0 aromatic carbocycles. The van der Waals surface area contributed by atoms with E-state index in [1.54, 1.807) is 6.26 Å². The van der Waals surface area contributed by atoms with E-state index in [1.807, 2.05) is 26.0 Å². The second-order valence-corrected chi connectivity index (χ2v) is 6.53. The molecule has 1 atom stereocenters. The maximum Gasteiger partial charge on any atom is 0.233 e. The summed E-state index contributed by atoms with van der Waals surface area (Å²) in [5.74, 6) is 0.850. The topological polar surface area (TPSA) is 80.0 Å². The first-order chi connectivity index (χ1) is 9.69. The lowest BCUT2D eigenvalue weighted by Crippen LogP contribution is -2.30. The maximum atomic E-state index is 11.6. The summed E-state index contributed by atoms with van der Waals surface area (Å²) < 4.78 is 5.99. The van der Waals surface area contributed by atoms with Gasteiger partial charge in [-0.2, -0.15) is 0 Å². The van der Waals surface area contributed by atoms with Gasteiger partial charge < -0.3 is 15.1 Å². The van der Waals surface area contributed by atoms with Crippen molar-refractivity contribution in [3.8, 4) is 0 Å². The number of carbonyl (C=O) groups excluding carboxylic acids is 1. The quantitative estimate of drug-likeness (QED) is 0.764. The number of hydrogen-bond donors (Lipinski definition) is 2. The molecular formula is C12H16N4O2S2. The van der Waals surface area contributed by atoms with Crippen LogP contribution in [0.5, 0.6) is 0 Å². The Balaban J connectivity index is 1.84. The molecule has 0 unspecified atom stereocenters. The highest BCUT2D eigenvalue weighted by Gasteiger charge is 2.16. The van der Waals surface area contributed by atoms with E-state index in [0.717, 1.165) is 10.1 Å². The molecule has 0 spiro atoms. The fraction of sp³-hybridized carbons (Fsp3) is 0.417. The zero-order valence-electron chi connectivity index (χ0n) is 11.3. The van der Waals surface area contributed by atoms with Gasteiger partial charge >= 0.3 is 0 Å². The van der Waals surface area contributed by atoms with Gasteiger partial charge in [-0.25, -0.2) is 0 Å². The van der Waals surface area contributed by atoms with Gasteiger partial charge in [0.2, 0.25) is 11.0 Å². The number of nitrogens with zero attached hydrogens (tertiary/aromatic N) is 2. The smallest absolute Gasteiger partial charge is 0.233 e. The molecule has 6 nitrogen and oxygen atoms in total. The van der Waals surface area contributed by atoms with Crippen LogP contribution in [0.3, 0.4) is 0 Å². The normalized spacial score (nSPS) is 12.1. The van der Waals surface area contributed by atoms with Gasteiger partial charge in [0.05, 0.1) is 18.1 Å². The van der Waals surface area contributed by atoms with E-state index in [2.05, 4.69) is 20.8 Å². The van der Waals surface area contributed by atoms with Crippen molar-refractivity contribution in [3.63, 3.8) is 0 Å². The number of anilines is 1. The molecule has 1 amide bonds. The van der Waals surface area contributed by atoms with Crippen molar-refractivity contribution < 1.29 is 9.21 Å². The lowest BCUT2D eigenvalue weighted by molar-refractivity contribution is -0.120. The number of aromatic nitrogens is 2. The third-order valence-electron chi connectivity index (χ3n) is 2.40. The molecular weight excluding hydrogens is 296 g/mol. The van der Waals surface area contributed by atoms with Crippen LogP contribution >= 0.6 is 23.1 Å². The van der Waals surface area contributed by atoms with Crippen LogP contribution in [0.2, 0.25) is 0 Å². The van der Waals surface area contributed by atoms with E-state index in [9.17, 15) is 4.79 Å². The zero-order valence-corrected chi connectivity index (χ0v) is 12.9. The fourth-order valence-electron chi connectivity index (χ4n) is 1.43. The monoisotopic (exact) mass is 312 g/mol. The highest BCUT2D eigenvalue weighted by atomic mass is 32.2. The summed E-state index contributed by atoms with van der Waals surface area (Å²) in [5.41, 5.74) is 0. The summed E-state index contributed by atoms with van der Waals surface area (Å²) in [6.07, 6.45) is 1.63. The molecule has 8 heteroatoms. The molecule has 0 aliphatic rings. The van der Waals surface area contributed by atoms with E-state index >= 15 is 0 Å². The van der Waals surface area contributed by atoms with Crippen molar-refractivity contribution in [3.05, 3.63) is 24.2 Å². The van der Waals surface area contributed by atoms with Crippen LogP contribution in [-0.2, 0) is 11.3 Å². The number of thioether (sulfide) groups is 1. The van der Waals surface area contributed by atoms with E-state index < -0.39 is 0 Å². The molecule has 2 aromatic heterocycles. The van der Waals surface area contributed by atoms with Crippen molar-refractivity contribution in [2.45, 2.75) is 30.0 Å². The highest BCUT2D eigenvalue weighted by Crippen LogP contribution is 2.29. The summed E-state index contributed by atoms with van der Waals surface area (Å²) in [7, 11) is 0. The minimum atomic E-state index is -0.180. The van der Waals surface area contributed by atoms with Crippen LogP contribution in [0.1, 0.15) is 19.6 Å². The lowest BCUT2D eigenvalue weighted by atomic mass is 10.4. The first-order valence-corrected chi connectivity index (χ1v) is 7.92. The van der Waals surface area contributed by atoms with E-state index in [1.165, 1.54) is 23.1 Å². The van der Waals surface area contributed by atoms with Crippen molar-refractivity contribution in [2.24, 2.45) is 0 Å². The van der Waals surface area contributed by atoms with Gasteiger partial charge in [-0.05, 0) is 26.0 Å². The second kappa shape index (κ2) is 7.30. The Morgan fingerprint density at radius 1 is 1.55 bits per heavy atom. The maximum absolute atomic E-state index is 11.6. The molecule has 0 aliphatic heterocycles. The predicted molar refractivity (Wildman–Crippen MR) is 79.9 cm³/mol. The molecule has 0 saturated heterocycles. The number of amides is 1. The number of rotatable bonds is 7. The summed E-state index contributed by atoms with van der Waals surface area (Å²) in [6, 6.07) is 3.73. The largest absolute Gasteiger partial charge is 0.467 e. The highest BCUT2D eigenvalue weighted by molar-refractivity contribution is 8.02. The Hall–Kier alpha value is -1.54. The van der Waals surface area contributed by atoms with Crippen molar-refractivity contribution in [2.75, 3.05) is 11.9 Å². The molecule has 0 radical (unpaired) electrons. The minimum Gasteiger partial charge on any atom is -0.467 e. The zero-order chi connectivity index (χ0) is 14.4. The van der Waals surface area contributed by atoms with Gasteiger partial charge in [-0.1, -0.05) is 23.1 Å². The Kier molecular flexibility index (Phi) is 5.42. The van der Waals surface area contributed by atoms with Gasteiger partial charge in [0.15, 0.2) is 4.34 Å². The molecule has 108 valence electrons. The molecule has 2 rings (SSSR count). The van der Waals surface area contributed by atoms with Crippen LogP contribution in [0.25, 0.3) is 0 Å². The molecule has 0 bridgehead atoms. The third kappa shape index (κ3) is 4.24. The first-order valence-electron chi connectivity index (χ1n) is 6.23. The average molecular weight is 312 g/mol. The lowest BCUT2D eigenvalue weighted by Gasteiger charge is -2.07. The van der Waals surface area contributed by atoms with Crippen molar-refractivity contribution >= 4 is 34.1 Å². The van der Waals surface area contributed by atoms with Crippen LogP contribution in [-0.4, -0.2) is 27.9 Å².